The molecule has 2 aliphatic rings. The highest BCUT2D eigenvalue weighted by atomic mass is 32.1. The number of nitrogens with one attached hydrogen (secondary N) is 1. The Morgan fingerprint density at radius 1 is 1.31 bits per heavy atom. The molecule has 2 fully saturated rings. The highest BCUT2D eigenvalue weighted by molar-refractivity contribution is 7.18. The highest BCUT2D eigenvalue weighted by Gasteiger charge is 2.38. The molecule has 140 valence electrons. The molecule has 1 N–H and O–H groups in total. The topological polar surface area (TPSA) is 76.3 Å². The van der Waals surface area contributed by atoms with Crippen molar-refractivity contribution in [3.8, 4) is 0 Å². The first kappa shape index (κ1) is 17.3. The fourth-order valence-electron chi connectivity index (χ4n) is 3.63. The predicted molar refractivity (Wildman–Crippen MR) is 97.7 cm³/mol. The second kappa shape index (κ2) is 6.22. The summed E-state index contributed by atoms with van der Waals surface area (Å²) in [6, 6.07) is -0.232. The zero-order chi connectivity index (χ0) is 18.6. The first-order valence-corrected chi connectivity index (χ1v) is 9.61. The molecule has 0 radical (unpaired) electrons. The second-order valence-corrected chi connectivity index (χ2v) is 8.15. The summed E-state index contributed by atoms with van der Waals surface area (Å²) in [7, 11) is 0. The molecule has 2 unspecified atom stereocenters. The SMILES string of the molecule is Cc1c(CN2CCNC2=O)sc2c1c(=O)n(C1CC1C)c(=O)n2CCF. The van der Waals surface area contributed by atoms with Gasteiger partial charge in [-0.05, 0) is 24.8 Å². The van der Waals surface area contributed by atoms with E-state index >= 15 is 0 Å². The Morgan fingerprint density at radius 2 is 2.04 bits per heavy atom. The van der Waals surface area contributed by atoms with Crippen molar-refractivity contribution >= 4 is 27.6 Å². The van der Waals surface area contributed by atoms with Crippen molar-refractivity contribution in [2.24, 2.45) is 5.92 Å². The van der Waals surface area contributed by atoms with Crippen LogP contribution in [0, 0.1) is 12.8 Å². The van der Waals surface area contributed by atoms with E-state index in [1.807, 2.05) is 13.8 Å². The number of rotatable bonds is 5. The number of halogens is 1. The molecule has 0 aromatic carbocycles. The van der Waals surface area contributed by atoms with E-state index in [1.54, 1.807) is 4.90 Å². The van der Waals surface area contributed by atoms with Crippen molar-refractivity contribution in [2.75, 3.05) is 19.8 Å². The number of amides is 2. The lowest BCUT2D eigenvalue weighted by atomic mass is 10.2. The van der Waals surface area contributed by atoms with E-state index in [9.17, 15) is 18.8 Å². The Bertz CT molecular complexity index is 1010. The summed E-state index contributed by atoms with van der Waals surface area (Å²) in [4.78, 5) is 40.7. The summed E-state index contributed by atoms with van der Waals surface area (Å²) in [6.07, 6.45) is 0.792. The number of nitrogens with zero attached hydrogens (tertiary/aromatic N) is 3. The molecule has 7 nitrogen and oxygen atoms in total. The zero-order valence-electron chi connectivity index (χ0n) is 14.7. The number of carbonyl (C=O) groups is 1. The molecule has 2 atom stereocenters. The Labute approximate surface area is 153 Å². The molecule has 1 aliphatic heterocycles. The van der Waals surface area contributed by atoms with E-state index in [0.717, 1.165) is 16.9 Å². The van der Waals surface area contributed by atoms with Gasteiger partial charge in [0.1, 0.15) is 11.5 Å². The minimum absolute atomic E-state index is 0.0691. The number of aromatic nitrogens is 2. The van der Waals surface area contributed by atoms with Crippen LogP contribution in [0.1, 0.15) is 29.8 Å². The number of carbonyl (C=O) groups excluding carboxylic acids is 1. The van der Waals surface area contributed by atoms with Crippen LogP contribution in [0.25, 0.3) is 10.2 Å². The Kier molecular flexibility index (Phi) is 4.13. The third-order valence-electron chi connectivity index (χ3n) is 5.33. The van der Waals surface area contributed by atoms with Crippen LogP contribution in [-0.2, 0) is 13.1 Å². The van der Waals surface area contributed by atoms with Crippen LogP contribution in [-0.4, -0.2) is 39.8 Å². The average molecular weight is 380 g/mol. The molecule has 1 saturated carbocycles. The molecule has 2 aromatic heterocycles. The fraction of sp³-hybridized carbons (Fsp3) is 0.588. The van der Waals surface area contributed by atoms with Crippen molar-refractivity contribution in [1.29, 1.82) is 0 Å². The molecule has 2 amide bonds. The third kappa shape index (κ3) is 2.56. The number of hydrogen-bond acceptors (Lipinski definition) is 4. The van der Waals surface area contributed by atoms with Gasteiger partial charge in [-0.25, -0.2) is 14.0 Å². The van der Waals surface area contributed by atoms with Crippen LogP contribution >= 0.6 is 11.3 Å². The van der Waals surface area contributed by atoms with E-state index in [4.69, 9.17) is 0 Å². The number of alkyl halides is 1. The van der Waals surface area contributed by atoms with Crippen molar-refractivity contribution in [2.45, 2.75) is 39.4 Å². The normalized spacial score (nSPS) is 22.3. The van der Waals surface area contributed by atoms with Gasteiger partial charge in [-0.3, -0.25) is 13.9 Å². The van der Waals surface area contributed by atoms with Crippen LogP contribution in [0.15, 0.2) is 9.59 Å². The first-order valence-electron chi connectivity index (χ1n) is 8.80. The molecule has 2 aromatic rings. The van der Waals surface area contributed by atoms with Gasteiger partial charge >= 0.3 is 11.7 Å². The van der Waals surface area contributed by atoms with Crippen molar-refractivity contribution in [3.63, 3.8) is 0 Å². The molecular weight excluding hydrogens is 359 g/mol. The quantitative estimate of drug-likeness (QED) is 0.856. The van der Waals surface area contributed by atoms with Gasteiger partial charge in [0.25, 0.3) is 5.56 Å². The predicted octanol–water partition coefficient (Wildman–Crippen LogP) is 1.61. The molecule has 26 heavy (non-hydrogen) atoms. The minimum Gasteiger partial charge on any atom is -0.336 e. The molecule has 1 aliphatic carbocycles. The van der Waals surface area contributed by atoms with Gasteiger partial charge < -0.3 is 10.2 Å². The Balaban J connectivity index is 1.90. The van der Waals surface area contributed by atoms with Crippen molar-refractivity contribution < 1.29 is 9.18 Å². The lowest BCUT2D eigenvalue weighted by Crippen LogP contribution is -2.40. The summed E-state index contributed by atoms with van der Waals surface area (Å²) < 4.78 is 15.8. The third-order valence-corrected chi connectivity index (χ3v) is 6.63. The highest BCUT2D eigenvalue weighted by Crippen LogP contribution is 2.41. The van der Waals surface area contributed by atoms with Crippen molar-refractivity contribution in [1.82, 2.24) is 19.4 Å². The van der Waals surface area contributed by atoms with Gasteiger partial charge in [0, 0.05) is 24.0 Å². The number of thiophene rings is 1. The average Bonchev–Trinajstić information content (AvgIpc) is 3.01. The standard InChI is InChI=1S/C17H21FN4O3S/c1-9-7-11(9)22-14(23)13-10(2)12(8-20-6-4-19-16(20)24)26-15(13)21(5-3-18)17(22)25/h9,11H,3-8H2,1-2H3,(H,19,24). The smallest absolute Gasteiger partial charge is 0.332 e. The second-order valence-electron chi connectivity index (χ2n) is 7.06. The number of hydrogen-bond donors (Lipinski definition) is 1. The van der Waals surface area contributed by atoms with Gasteiger partial charge in [-0.15, -0.1) is 11.3 Å². The monoisotopic (exact) mass is 380 g/mol. The summed E-state index contributed by atoms with van der Waals surface area (Å²) >= 11 is 1.31. The largest absolute Gasteiger partial charge is 0.336 e. The van der Waals surface area contributed by atoms with Crippen LogP contribution in [0.4, 0.5) is 9.18 Å². The molecule has 3 heterocycles. The summed E-state index contributed by atoms with van der Waals surface area (Å²) in [6.45, 7) is 4.69. The van der Waals surface area contributed by atoms with Gasteiger partial charge in [0.15, 0.2) is 0 Å². The zero-order valence-corrected chi connectivity index (χ0v) is 15.6. The lowest BCUT2D eigenvalue weighted by Gasteiger charge is -2.12. The van der Waals surface area contributed by atoms with Gasteiger partial charge in [-0.2, -0.15) is 0 Å². The Morgan fingerprint density at radius 3 is 2.62 bits per heavy atom. The number of urea groups is 1. The Hall–Kier alpha value is -2.16. The van der Waals surface area contributed by atoms with E-state index in [2.05, 4.69) is 5.32 Å². The van der Waals surface area contributed by atoms with Gasteiger partial charge in [0.05, 0.1) is 18.5 Å². The van der Waals surface area contributed by atoms with Gasteiger partial charge in [0.2, 0.25) is 0 Å². The molecule has 9 heteroatoms. The van der Waals surface area contributed by atoms with Crippen LogP contribution in [0.3, 0.4) is 0 Å². The molecule has 0 spiro atoms. The van der Waals surface area contributed by atoms with E-state index in [-0.39, 0.29) is 30.1 Å². The van der Waals surface area contributed by atoms with Crippen LogP contribution < -0.4 is 16.6 Å². The summed E-state index contributed by atoms with van der Waals surface area (Å²) in [5.41, 5.74) is 0.0610. The molecule has 1 saturated heterocycles. The first-order chi connectivity index (χ1) is 12.4. The van der Waals surface area contributed by atoms with Crippen LogP contribution in [0.5, 0.6) is 0 Å². The summed E-state index contributed by atoms with van der Waals surface area (Å²) in [5.74, 6) is 0.281. The van der Waals surface area contributed by atoms with E-state index < -0.39 is 12.4 Å². The molecule has 4 rings (SSSR count). The maximum atomic E-state index is 13.1. The number of aryl methyl sites for hydroxylation is 2. The maximum Gasteiger partial charge on any atom is 0.332 e. The minimum atomic E-state index is -0.672. The van der Waals surface area contributed by atoms with Crippen LogP contribution in [0.2, 0.25) is 0 Å². The van der Waals surface area contributed by atoms with E-state index in [1.165, 1.54) is 20.5 Å². The maximum absolute atomic E-state index is 13.1. The molecule has 0 bridgehead atoms. The molecular formula is C17H21FN4O3S. The summed E-state index contributed by atoms with van der Waals surface area (Å²) in [5, 5.41) is 3.24. The fourth-order valence-corrected chi connectivity index (χ4v) is 4.96. The van der Waals surface area contributed by atoms with E-state index in [0.29, 0.717) is 29.9 Å². The number of fused-ring (bicyclic) bond motifs is 1. The van der Waals surface area contributed by atoms with Gasteiger partial charge in [-0.1, -0.05) is 6.92 Å². The van der Waals surface area contributed by atoms with Crippen molar-refractivity contribution in [3.05, 3.63) is 31.3 Å². The lowest BCUT2D eigenvalue weighted by molar-refractivity contribution is 0.216.